The van der Waals surface area contributed by atoms with Crippen molar-refractivity contribution in [3.63, 3.8) is 0 Å². The molecule has 0 aliphatic heterocycles. The van der Waals surface area contributed by atoms with Gasteiger partial charge in [-0.3, -0.25) is 0 Å². The average molecular weight is 517 g/mol. The molecule has 11 heteroatoms. The Morgan fingerprint density at radius 1 is 1.14 bits per heavy atom. The van der Waals surface area contributed by atoms with Gasteiger partial charge in [0.05, 0.1) is 12.8 Å². The van der Waals surface area contributed by atoms with Crippen molar-refractivity contribution in [2.24, 2.45) is 23.2 Å². The van der Waals surface area contributed by atoms with Gasteiger partial charge in [0.15, 0.2) is 0 Å². The summed E-state index contributed by atoms with van der Waals surface area (Å²) in [6.07, 6.45) is 2.45. The molecular weight excluding hydrogens is 485 g/mol. The van der Waals surface area contributed by atoms with Crippen LogP contribution in [0.1, 0.15) is 43.2 Å². The van der Waals surface area contributed by atoms with Crippen LogP contribution in [0.15, 0.2) is 30.5 Å². The monoisotopic (exact) mass is 516 g/mol. The number of halogens is 3. The number of aliphatic hydroxyl groups excluding tert-OH is 1. The minimum absolute atomic E-state index is 0.0226. The summed E-state index contributed by atoms with van der Waals surface area (Å²) in [5.74, 6) is 2.24. The molecule has 4 bridgehead atoms. The molecule has 2 aromatic rings. The Hall–Kier alpha value is -3.10. The number of benzene rings is 1. The Morgan fingerprint density at radius 2 is 1.89 bits per heavy atom. The van der Waals surface area contributed by atoms with Crippen LogP contribution in [0, 0.1) is 34.5 Å². The lowest BCUT2D eigenvalue weighted by molar-refractivity contribution is -0.274. The van der Waals surface area contributed by atoms with E-state index < -0.39 is 6.36 Å². The van der Waals surface area contributed by atoms with Crippen molar-refractivity contribution in [1.29, 1.82) is 5.26 Å². The first kappa shape index (κ1) is 25.5. The molecule has 0 saturated heterocycles. The average Bonchev–Trinajstić information content (AvgIpc) is 2.85. The molecule has 4 aliphatic rings. The lowest BCUT2D eigenvalue weighted by Gasteiger charge is -2.60. The van der Waals surface area contributed by atoms with Gasteiger partial charge in [-0.2, -0.15) is 10.2 Å². The predicted octanol–water partition coefficient (Wildman–Crippen LogP) is 4.05. The van der Waals surface area contributed by atoms with E-state index in [-0.39, 0.29) is 30.3 Å². The van der Waals surface area contributed by atoms with Gasteiger partial charge in [-0.1, -0.05) is 18.2 Å². The molecule has 1 unspecified atom stereocenters. The van der Waals surface area contributed by atoms with Crippen molar-refractivity contribution in [3.8, 4) is 11.8 Å². The highest BCUT2D eigenvalue weighted by molar-refractivity contribution is 5.53. The van der Waals surface area contributed by atoms with Gasteiger partial charge in [0.1, 0.15) is 23.2 Å². The highest BCUT2D eigenvalue weighted by Gasteiger charge is 2.54. The molecule has 4 N–H and O–H groups in total. The third kappa shape index (κ3) is 5.75. The Labute approximate surface area is 213 Å². The van der Waals surface area contributed by atoms with E-state index in [9.17, 15) is 23.5 Å². The summed E-state index contributed by atoms with van der Waals surface area (Å²) in [4.78, 5) is 8.64. The van der Waals surface area contributed by atoms with Gasteiger partial charge < -0.3 is 25.8 Å². The van der Waals surface area contributed by atoms with Crippen molar-refractivity contribution >= 4 is 11.8 Å². The van der Waals surface area contributed by atoms with Gasteiger partial charge in [-0.25, -0.2) is 4.98 Å². The molecule has 8 nitrogen and oxygen atoms in total. The number of nitrogens with one attached hydrogen (secondary N) is 3. The zero-order valence-electron chi connectivity index (χ0n) is 20.4. The molecule has 0 amide bonds. The summed E-state index contributed by atoms with van der Waals surface area (Å²) in [5.41, 5.74) is 0.770. The normalized spacial score (nSPS) is 28.1. The number of alkyl halides is 3. The number of para-hydroxylation sites is 1. The fourth-order valence-electron chi connectivity index (χ4n) is 6.98. The number of nitriles is 1. The van der Waals surface area contributed by atoms with Gasteiger partial charge >= 0.3 is 6.36 Å². The summed E-state index contributed by atoms with van der Waals surface area (Å²) in [7, 11) is 0. The first-order valence-electron chi connectivity index (χ1n) is 12.7. The van der Waals surface area contributed by atoms with Crippen LogP contribution >= 0.6 is 0 Å². The SMILES string of the molecule is N#Cc1cnc(NCc2ccccc2OC(F)(F)F)nc1NC[C@@]12CC3C[C@H](C1)[C@@H](NCCO)[C@@H](C3)C2. The molecule has 4 aliphatic carbocycles. The van der Waals surface area contributed by atoms with Crippen molar-refractivity contribution in [3.05, 3.63) is 41.6 Å². The number of anilines is 2. The quantitative estimate of drug-likeness (QED) is 0.374. The van der Waals surface area contributed by atoms with Gasteiger partial charge in [-0.05, 0) is 61.3 Å². The van der Waals surface area contributed by atoms with E-state index in [0.29, 0.717) is 53.8 Å². The largest absolute Gasteiger partial charge is 0.573 e. The fraction of sp³-hybridized carbons (Fsp3) is 0.577. The summed E-state index contributed by atoms with van der Waals surface area (Å²) in [5, 5.41) is 28.8. The Morgan fingerprint density at radius 3 is 2.59 bits per heavy atom. The van der Waals surface area contributed by atoms with E-state index >= 15 is 0 Å². The third-order valence-electron chi connectivity index (χ3n) is 8.07. The highest BCUT2D eigenvalue weighted by atomic mass is 19.4. The molecule has 5 atom stereocenters. The van der Waals surface area contributed by atoms with E-state index in [1.165, 1.54) is 37.2 Å². The maximum absolute atomic E-state index is 12.7. The molecule has 1 heterocycles. The maximum Gasteiger partial charge on any atom is 0.573 e. The van der Waals surface area contributed by atoms with Crippen molar-refractivity contribution in [2.75, 3.05) is 30.3 Å². The van der Waals surface area contributed by atoms with Gasteiger partial charge in [-0.15, -0.1) is 13.2 Å². The first-order chi connectivity index (χ1) is 17.8. The minimum Gasteiger partial charge on any atom is -0.405 e. The van der Waals surface area contributed by atoms with Crippen LogP contribution in [0.3, 0.4) is 0 Å². The Balaban J connectivity index is 1.25. The number of aliphatic hydroxyl groups is 1. The lowest BCUT2D eigenvalue weighted by Crippen LogP contribution is -2.60. The smallest absolute Gasteiger partial charge is 0.405 e. The molecule has 4 saturated carbocycles. The molecular formula is C26H31F3N6O2. The second kappa shape index (κ2) is 10.3. The molecule has 0 spiro atoms. The molecule has 37 heavy (non-hydrogen) atoms. The number of hydrogen-bond donors (Lipinski definition) is 4. The fourth-order valence-corrected chi connectivity index (χ4v) is 6.98. The zero-order chi connectivity index (χ0) is 26.0. The maximum atomic E-state index is 12.7. The summed E-state index contributed by atoms with van der Waals surface area (Å²) in [6.45, 7) is 1.50. The van der Waals surface area contributed by atoms with Crippen molar-refractivity contribution < 1.29 is 23.0 Å². The van der Waals surface area contributed by atoms with Crippen LogP contribution in [0.25, 0.3) is 0 Å². The highest BCUT2D eigenvalue weighted by Crippen LogP contribution is 2.60. The number of aromatic nitrogens is 2. The summed E-state index contributed by atoms with van der Waals surface area (Å²) >= 11 is 0. The Kier molecular flexibility index (Phi) is 7.14. The molecule has 198 valence electrons. The first-order valence-corrected chi connectivity index (χ1v) is 12.7. The molecule has 0 radical (unpaired) electrons. The number of ether oxygens (including phenoxy) is 1. The second-order valence-corrected chi connectivity index (χ2v) is 10.6. The number of rotatable bonds is 10. The van der Waals surface area contributed by atoms with Crippen molar-refractivity contribution in [1.82, 2.24) is 15.3 Å². The Bertz CT molecular complexity index is 1140. The van der Waals surface area contributed by atoms with E-state index in [1.54, 1.807) is 6.07 Å². The zero-order valence-corrected chi connectivity index (χ0v) is 20.4. The minimum atomic E-state index is -4.79. The topological polar surface area (TPSA) is 115 Å². The standard InChI is InChI=1S/C26H31F3N6O2/c27-26(28,29)37-21-4-2-1-3-17(21)13-32-24-33-14-20(12-30)23(35-24)34-15-25-9-16-7-18(10-25)22(31-5-6-36)19(8-16)11-25/h1-4,14,16,18-19,22,31,36H,5-11,13,15H2,(H2,32,33,34,35)/t16?,18-,19+,22-,25+. The van der Waals surface area contributed by atoms with Gasteiger partial charge in [0.2, 0.25) is 5.95 Å². The van der Waals surface area contributed by atoms with E-state index in [1.807, 2.05) is 0 Å². The van der Waals surface area contributed by atoms with E-state index in [0.717, 1.165) is 19.3 Å². The van der Waals surface area contributed by atoms with E-state index in [4.69, 9.17) is 0 Å². The summed E-state index contributed by atoms with van der Waals surface area (Å²) < 4.78 is 42.3. The molecule has 1 aromatic carbocycles. The predicted molar refractivity (Wildman–Crippen MR) is 131 cm³/mol. The van der Waals surface area contributed by atoms with Crippen LogP contribution in [-0.4, -0.2) is 47.2 Å². The van der Waals surface area contributed by atoms with E-state index in [2.05, 4.69) is 36.7 Å². The number of nitrogens with zero attached hydrogens (tertiary/aromatic N) is 3. The van der Waals surface area contributed by atoms with Crippen LogP contribution in [0.2, 0.25) is 0 Å². The molecule has 6 rings (SSSR count). The van der Waals surface area contributed by atoms with Gasteiger partial charge in [0, 0.05) is 31.2 Å². The third-order valence-corrected chi connectivity index (χ3v) is 8.07. The molecule has 4 fully saturated rings. The van der Waals surface area contributed by atoms with Crippen molar-refractivity contribution in [2.45, 2.75) is 51.1 Å². The summed E-state index contributed by atoms with van der Waals surface area (Å²) in [6, 6.07) is 8.48. The molecule has 1 aromatic heterocycles. The van der Waals surface area contributed by atoms with Gasteiger partial charge in [0.25, 0.3) is 0 Å². The second-order valence-electron chi connectivity index (χ2n) is 10.6. The van der Waals surface area contributed by atoms with Crippen LogP contribution in [0.4, 0.5) is 24.9 Å². The number of hydrogen-bond acceptors (Lipinski definition) is 8. The lowest BCUT2D eigenvalue weighted by atomic mass is 9.48. The van der Waals surface area contributed by atoms with Crippen LogP contribution in [0.5, 0.6) is 5.75 Å². The van der Waals surface area contributed by atoms with Crippen LogP contribution in [-0.2, 0) is 6.54 Å². The van der Waals surface area contributed by atoms with Crippen LogP contribution < -0.4 is 20.7 Å².